The number of hydroxylamine groups is 3. The van der Waals surface area contributed by atoms with Crippen LogP contribution < -0.4 is 5.48 Å². The number of hydrogen-bond acceptors (Lipinski definition) is 9. The minimum Gasteiger partial charge on any atom is -0.724 e. The quantitative estimate of drug-likeness (QED) is 0.0612. The van der Waals surface area contributed by atoms with Crippen LogP contribution in [-0.2, 0) is 29.1 Å². The number of piperidine rings is 1. The van der Waals surface area contributed by atoms with Crippen LogP contribution >= 0.6 is 0 Å². The van der Waals surface area contributed by atoms with Gasteiger partial charge in [-0.3, -0.25) is 9.63 Å². The number of likely N-dealkylation sites (N-methyl/N-ethyl adjacent to an activating group) is 1. The average Bonchev–Trinajstić information content (AvgIpc) is 3.23. The summed E-state index contributed by atoms with van der Waals surface area (Å²) < 4.78 is 43.3. The molecule has 15 heteroatoms. The largest absolute Gasteiger partial charge is 0.724 e. The summed E-state index contributed by atoms with van der Waals surface area (Å²) in [5.41, 5.74) is 1.60. The maximum absolute atomic E-state index is 12.4. The van der Waals surface area contributed by atoms with Gasteiger partial charge in [-0.15, -0.1) is 0 Å². The van der Waals surface area contributed by atoms with Crippen LogP contribution in [-0.4, -0.2) is 120 Å². The minimum atomic E-state index is -5.10. The van der Waals surface area contributed by atoms with Gasteiger partial charge in [-0.05, 0) is 66.2 Å². The van der Waals surface area contributed by atoms with E-state index in [0.29, 0.717) is 11.6 Å². The molecule has 0 aromatic carbocycles. The molecule has 2 atom stereocenters. The van der Waals surface area contributed by atoms with Gasteiger partial charge >= 0.3 is 12.1 Å². The maximum atomic E-state index is 12.4. The first-order valence-electron chi connectivity index (χ1n) is 17.6. The Kier molecular flexibility index (Phi) is 19.1. The lowest BCUT2D eigenvalue weighted by Gasteiger charge is -2.39. The van der Waals surface area contributed by atoms with Gasteiger partial charge in [-0.1, -0.05) is 53.4 Å². The first kappa shape index (κ1) is 42.8. The molecule has 276 valence electrons. The van der Waals surface area contributed by atoms with Crippen LogP contribution in [0.3, 0.4) is 0 Å². The number of ether oxygens (including phenoxy) is 1. The molecule has 0 aliphatic carbocycles. The number of nitrogens with one attached hydrogen (secondary N) is 1. The topological polar surface area (TPSA) is 158 Å². The number of quaternary nitrogens is 1. The molecule has 47 heavy (non-hydrogen) atoms. The standard InChI is InChI=1S/C16H28N4O9S.C16H36N/c1-5-18(15(23)28-16(2,3)4)8-9-27-17-13(21)12-7-6-11-10-19(12)14(22)20(11)29-30(24,25)26;1-5-9-13-17(14-10-6-2,15-11-7-3)16-12-8-4/h11-12H,5-10H2,1-4H3,(H,17,21)(H,24,25,26);5-16H2,1-4H3/q;+1/p-1/t11-,12+;/m1./s1. The van der Waals surface area contributed by atoms with E-state index in [1.807, 2.05) is 0 Å². The third kappa shape index (κ3) is 15.7. The average molecular weight is 694 g/mol. The van der Waals surface area contributed by atoms with Crippen LogP contribution in [0.1, 0.15) is 120 Å². The van der Waals surface area contributed by atoms with Crippen LogP contribution in [0.25, 0.3) is 0 Å². The molecule has 14 nitrogen and oxygen atoms in total. The van der Waals surface area contributed by atoms with Crippen molar-refractivity contribution >= 4 is 28.4 Å². The van der Waals surface area contributed by atoms with Gasteiger partial charge in [0.25, 0.3) is 5.91 Å². The minimum absolute atomic E-state index is 0.00816. The lowest BCUT2D eigenvalue weighted by Crippen LogP contribution is -2.50. The number of fused-ring (bicyclic) bond motifs is 2. The zero-order valence-electron chi connectivity index (χ0n) is 30.3. The van der Waals surface area contributed by atoms with Crippen molar-refractivity contribution in [3.63, 3.8) is 0 Å². The third-order valence-corrected chi connectivity index (χ3v) is 8.75. The lowest BCUT2D eigenvalue weighted by molar-refractivity contribution is -0.929. The highest BCUT2D eigenvalue weighted by Crippen LogP contribution is 2.30. The first-order chi connectivity index (χ1) is 22.1. The SMILES string of the molecule is CCCC[N+](CCCC)(CCCC)CCCC.CCN(CCONC(=O)[C@@H]1CC[C@@H]2CN1C(=O)N2OS(=O)(=O)[O-])C(=O)OC(C)(C)C. The Morgan fingerprint density at radius 3 is 1.87 bits per heavy atom. The molecule has 2 saturated heterocycles. The number of carbonyl (C=O) groups is 3. The number of amides is 4. The number of carbonyl (C=O) groups excluding carboxylic acids is 3. The Hall–Kier alpha value is -2.20. The van der Waals surface area contributed by atoms with Gasteiger partial charge in [0.1, 0.15) is 11.6 Å². The molecule has 2 aliphatic rings. The van der Waals surface area contributed by atoms with Crippen molar-refractivity contribution in [3.05, 3.63) is 0 Å². The van der Waals surface area contributed by atoms with E-state index in [1.54, 1.807) is 27.7 Å². The third-order valence-electron chi connectivity index (χ3n) is 8.41. The summed E-state index contributed by atoms with van der Waals surface area (Å²) in [6, 6.07) is -2.40. The van der Waals surface area contributed by atoms with Crippen LogP contribution in [0.2, 0.25) is 0 Å². The molecule has 0 spiro atoms. The summed E-state index contributed by atoms with van der Waals surface area (Å²) in [4.78, 5) is 44.4. The fraction of sp³-hybridized carbons (Fsp3) is 0.906. The fourth-order valence-corrected chi connectivity index (χ4v) is 6.18. The molecule has 2 rings (SSSR count). The van der Waals surface area contributed by atoms with E-state index < -0.39 is 46.1 Å². The van der Waals surface area contributed by atoms with Crippen molar-refractivity contribution in [2.45, 2.75) is 137 Å². The highest BCUT2D eigenvalue weighted by Gasteiger charge is 2.48. The van der Waals surface area contributed by atoms with Crippen molar-refractivity contribution in [1.29, 1.82) is 0 Å². The Bertz CT molecular complexity index is 1020. The van der Waals surface area contributed by atoms with Crippen molar-refractivity contribution in [2.24, 2.45) is 0 Å². The smallest absolute Gasteiger partial charge is 0.410 e. The molecule has 0 aromatic rings. The van der Waals surface area contributed by atoms with Crippen LogP contribution in [0.15, 0.2) is 0 Å². The number of unbranched alkanes of at least 4 members (excludes halogenated alkanes) is 4. The molecule has 2 fully saturated rings. The molecule has 2 bridgehead atoms. The van der Waals surface area contributed by atoms with Gasteiger partial charge in [-0.25, -0.2) is 23.5 Å². The Labute approximate surface area is 283 Å². The van der Waals surface area contributed by atoms with Crippen molar-refractivity contribution < 1.29 is 45.7 Å². The van der Waals surface area contributed by atoms with Crippen LogP contribution in [0.5, 0.6) is 0 Å². The number of urea groups is 1. The second-order valence-electron chi connectivity index (χ2n) is 13.5. The number of nitrogens with zero attached hydrogens (tertiary/aromatic N) is 4. The van der Waals surface area contributed by atoms with E-state index in [9.17, 15) is 27.4 Å². The van der Waals surface area contributed by atoms with Crippen LogP contribution in [0, 0.1) is 0 Å². The zero-order valence-corrected chi connectivity index (χ0v) is 31.1. The molecule has 0 saturated carbocycles. The first-order valence-corrected chi connectivity index (χ1v) is 18.9. The van der Waals surface area contributed by atoms with Crippen LogP contribution in [0.4, 0.5) is 9.59 Å². The molecule has 0 aromatic heterocycles. The summed E-state index contributed by atoms with van der Waals surface area (Å²) in [5.74, 6) is -0.603. The van der Waals surface area contributed by atoms with Gasteiger partial charge in [0.05, 0.1) is 38.8 Å². The molecule has 2 heterocycles. The summed E-state index contributed by atoms with van der Waals surface area (Å²) >= 11 is 0. The van der Waals surface area contributed by atoms with Crippen molar-refractivity contribution in [1.82, 2.24) is 20.3 Å². The Morgan fingerprint density at radius 2 is 1.45 bits per heavy atom. The molecule has 2 aliphatic heterocycles. The van der Waals surface area contributed by atoms with Gasteiger partial charge in [0.2, 0.25) is 10.4 Å². The second kappa shape index (κ2) is 21.0. The summed E-state index contributed by atoms with van der Waals surface area (Å²) in [7, 11) is -5.10. The fourth-order valence-electron chi connectivity index (χ4n) is 5.80. The molecule has 4 amide bonds. The van der Waals surface area contributed by atoms with Gasteiger partial charge < -0.3 is 23.6 Å². The summed E-state index contributed by atoms with van der Waals surface area (Å²) in [6.07, 6.45) is 11.1. The maximum Gasteiger partial charge on any atom is 0.410 e. The van der Waals surface area contributed by atoms with E-state index in [1.165, 1.54) is 86.9 Å². The molecule has 0 radical (unpaired) electrons. The second-order valence-corrected chi connectivity index (χ2v) is 14.5. The highest BCUT2D eigenvalue weighted by atomic mass is 32.3. The van der Waals surface area contributed by atoms with E-state index in [-0.39, 0.29) is 32.5 Å². The zero-order chi connectivity index (χ0) is 35.7. The van der Waals surface area contributed by atoms with E-state index in [0.717, 1.165) is 4.90 Å². The Morgan fingerprint density at radius 1 is 0.936 bits per heavy atom. The van der Waals surface area contributed by atoms with Gasteiger partial charge in [0.15, 0.2) is 0 Å². The molecular formula is C32H63N5O9S. The van der Waals surface area contributed by atoms with E-state index in [4.69, 9.17) is 9.57 Å². The molecule has 1 N–H and O–H groups in total. The van der Waals surface area contributed by atoms with E-state index in [2.05, 4.69) is 37.5 Å². The predicted molar refractivity (Wildman–Crippen MR) is 178 cm³/mol. The predicted octanol–water partition coefficient (Wildman–Crippen LogP) is 4.96. The normalized spacial score (nSPS) is 18.1. The summed E-state index contributed by atoms with van der Waals surface area (Å²) in [6.45, 7) is 22.6. The number of hydrogen-bond donors (Lipinski definition) is 1. The summed E-state index contributed by atoms with van der Waals surface area (Å²) in [5, 5.41) is 0.496. The molecular weight excluding hydrogens is 630 g/mol. The lowest BCUT2D eigenvalue weighted by atomic mass is 10.0. The van der Waals surface area contributed by atoms with Crippen molar-refractivity contribution in [3.8, 4) is 0 Å². The number of rotatable bonds is 20. The van der Waals surface area contributed by atoms with E-state index >= 15 is 0 Å². The Balaban J connectivity index is 0.000000554. The molecule has 0 unspecified atom stereocenters. The highest BCUT2D eigenvalue weighted by molar-refractivity contribution is 7.80. The van der Waals surface area contributed by atoms with Crippen molar-refractivity contribution in [2.75, 3.05) is 52.4 Å². The van der Waals surface area contributed by atoms with Gasteiger partial charge in [-0.2, -0.15) is 9.35 Å². The van der Waals surface area contributed by atoms with Gasteiger partial charge in [0, 0.05) is 19.6 Å². The monoisotopic (exact) mass is 693 g/mol.